The van der Waals surface area contributed by atoms with Crippen molar-refractivity contribution in [2.75, 3.05) is 5.75 Å². The molecule has 1 amide bonds. The normalized spacial score (nSPS) is 12.4. The zero-order valence-corrected chi connectivity index (χ0v) is 8.67. The lowest BCUT2D eigenvalue weighted by Crippen LogP contribution is -2.29. The quantitative estimate of drug-likeness (QED) is 0.712. The summed E-state index contributed by atoms with van der Waals surface area (Å²) in [4.78, 5) is 11.7. The highest BCUT2D eigenvalue weighted by Gasteiger charge is 2.06. The third-order valence-electron chi connectivity index (χ3n) is 1.67. The molecule has 0 spiro atoms. The van der Waals surface area contributed by atoms with Crippen LogP contribution in [0.25, 0.3) is 0 Å². The molecule has 0 saturated carbocycles. The van der Waals surface area contributed by atoms with Crippen molar-refractivity contribution in [1.82, 2.24) is 0 Å². The molecule has 76 valence electrons. The van der Waals surface area contributed by atoms with Crippen molar-refractivity contribution in [1.29, 1.82) is 0 Å². The highest BCUT2D eigenvalue weighted by atomic mass is 32.2. The number of primary amides is 1. The van der Waals surface area contributed by atoms with Gasteiger partial charge in [-0.1, -0.05) is 18.2 Å². The number of carbonyl (C=O) groups excluding carboxylic acids is 1. The maximum Gasteiger partial charge on any atom is 0.219 e. The van der Waals surface area contributed by atoms with Crippen LogP contribution in [0, 0.1) is 0 Å². The molecule has 3 nitrogen and oxygen atoms in total. The van der Waals surface area contributed by atoms with Gasteiger partial charge in [-0.25, -0.2) is 0 Å². The smallest absolute Gasteiger partial charge is 0.219 e. The van der Waals surface area contributed by atoms with E-state index in [-0.39, 0.29) is 18.4 Å². The summed E-state index contributed by atoms with van der Waals surface area (Å²) in [5.74, 6) is 0.374. The highest BCUT2D eigenvalue weighted by molar-refractivity contribution is 7.99. The summed E-state index contributed by atoms with van der Waals surface area (Å²) >= 11 is 1.64. The zero-order chi connectivity index (χ0) is 10.4. The Labute approximate surface area is 87.9 Å². The number of benzene rings is 1. The van der Waals surface area contributed by atoms with Crippen molar-refractivity contribution >= 4 is 17.7 Å². The van der Waals surface area contributed by atoms with Crippen LogP contribution in [0.4, 0.5) is 0 Å². The summed E-state index contributed by atoms with van der Waals surface area (Å²) in [7, 11) is 0. The molecular formula is C10H14N2OS. The second-order valence-corrected chi connectivity index (χ2v) is 4.15. The second kappa shape index (κ2) is 5.67. The number of hydrogen-bond acceptors (Lipinski definition) is 3. The number of rotatable bonds is 5. The van der Waals surface area contributed by atoms with Gasteiger partial charge >= 0.3 is 0 Å². The summed E-state index contributed by atoms with van der Waals surface area (Å²) in [5, 5.41) is 0. The van der Waals surface area contributed by atoms with Gasteiger partial charge in [-0.3, -0.25) is 4.79 Å². The molecule has 0 saturated heterocycles. The van der Waals surface area contributed by atoms with Crippen LogP contribution in [-0.2, 0) is 4.79 Å². The van der Waals surface area contributed by atoms with E-state index in [0.29, 0.717) is 5.75 Å². The van der Waals surface area contributed by atoms with Crippen molar-refractivity contribution in [2.24, 2.45) is 11.5 Å². The number of carbonyl (C=O) groups is 1. The van der Waals surface area contributed by atoms with Crippen molar-refractivity contribution in [3.63, 3.8) is 0 Å². The van der Waals surface area contributed by atoms with Crippen LogP contribution in [0.3, 0.4) is 0 Å². The van der Waals surface area contributed by atoms with Gasteiger partial charge in [0, 0.05) is 23.1 Å². The first-order valence-electron chi connectivity index (χ1n) is 4.40. The molecule has 1 rings (SSSR count). The predicted molar refractivity (Wildman–Crippen MR) is 59.0 cm³/mol. The molecular weight excluding hydrogens is 196 g/mol. The maximum absolute atomic E-state index is 10.6. The van der Waals surface area contributed by atoms with Crippen molar-refractivity contribution in [3.05, 3.63) is 30.3 Å². The van der Waals surface area contributed by atoms with Gasteiger partial charge in [-0.05, 0) is 12.1 Å². The Balaban J connectivity index is 2.30. The summed E-state index contributed by atoms with van der Waals surface area (Å²) in [6, 6.07) is 9.79. The second-order valence-electron chi connectivity index (χ2n) is 3.05. The Hall–Kier alpha value is -1.00. The first-order valence-corrected chi connectivity index (χ1v) is 5.39. The number of amides is 1. The Morgan fingerprint density at radius 1 is 1.36 bits per heavy atom. The van der Waals surface area contributed by atoms with E-state index in [0.717, 1.165) is 4.90 Å². The number of hydrogen-bond donors (Lipinski definition) is 2. The van der Waals surface area contributed by atoms with Gasteiger partial charge in [0.15, 0.2) is 0 Å². The molecule has 4 N–H and O–H groups in total. The molecule has 0 aromatic heterocycles. The summed E-state index contributed by atoms with van der Waals surface area (Å²) in [5.41, 5.74) is 10.7. The fourth-order valence-corrected chi connectivity index (χ4v) is 1.91. The molecule has 4 heteroatoms. The topological polar surface area (TPSA) is 69.1 Å². The standard InChI is InChI=1S/C10H14N2OS/c11-8(6-10(12)13)7-14-9-4-2-1-3-5-9/h1-5,8H,6-7,11H2,(H2,12,13)/t8-/m1/s1. The molecule has 0 unspecified atom stereocenters. The third kappa shape index (κ3) is 4.30. The Bertz CT molecular complexity index is 289. The molecule has 0 bridgehead atoms. The van der Waals surface area contributed by atoms with E-state index in [4.69, 9.17) is 11.5 Å². The zero-order valence-electron chi connectivity index (χ0n) is 7.85. The molecule has 0 fully saturated rings. The lowest BCUT2D eigenvalue weighted by atomic mass is 10.2. The van der Waals surface area contributed by atoms with Crippen LogP contribution in [0.2, 0.25) is 0 Å². The molecule has 0 aliphatic heterocycles. The summed E-state index contributed by atoms with van der Waals surface area (Å²) in [6.45, 7) is 0. The summed E-state index contributed by atoms with van der Waals surface area (Å²) in [6.07, 6.45) is 0.250. The predicted octanol–water partition coefficient (Wildman–Crippen LogP) is 0.981. The average Bonchev–Trinajstić information content (AvgIpc) is 2.15. The third-order valence-corrected chi connectivity index (χ3v) is 2.87. The van der Waals surface area contributed by atoms with Crippen molar-refractivity contribution < 1.29 is 4.79 Å². The first kappa shape index (κ1) is 11.1. The lowest BCUT2D eigenvalue weighted by Gasteiger charge is -2.08. The molecule has 0 aliphatic carbocycles. The first-order chi connectivity index (χ1) is 6.68. The molecule has 0 aliphatic rings. The number of nitrogens with two attached hydrogens (primary N) is 2. The molecule has 0 radical (unpaired) electrons. The van der Waals surface area contributed by atoms with E-state index in [9.17, 15) is 4.79 Å². The minimum absolute atomic E-state index is 0.155. The lowest BCUT2D eigenvalue weighted by molar-refractivity contribution is -0.118. The van der Waals surface area contributed by atoms with E-state index in [1.807, 2.05) is 30.3 Å². The summed E-state index contributed by atoms with van der Waals surface area (Å²) < 4.78 is 0. The monoisotopic (exact) mass is 210 g/mol. The molecule has 0 heterocycles. The van der Waals surface area contributed by atoms with Gasteiger partial charge in [-0.2, -0.15) is 0 Å². The van der Waals surface area contributed by atoms with E-state index in [1.165, 1.54) is 0 Å². The number of thioether (sulfide) groups is 1. The van der Waals surface area contributed by atoms with Crippen LogP contribution < -0.4 is 11.5 Å². The van der Waals surface area contributed by atoms with Gasteiger partial charge < -0.3 is 11.5 Å². The Morgan fingerprint density at radius 3 is 2.57 bits per heavy atom. The van der Waals surface area contributed by atoms with Crippen LogP contribution in [-0.4, -0.2) is 17.7 Å². The Kier molecular flexibility index (Phi) is 4.49. The fourth-order valence-electron chi connectivity index (χ4n) is 1.04. The minimum atomic E-state index is -0.342. The fraction of sp³-hybridized carbons (Fsp3) is 0.300. The van der Waals surface area contributed by atoms with Crippen LogP contribution >= 0.6 is 11.8 Å². The maximum atomic E-state index is 10.6. The van der Waals surface area contributed by atoms with Crippen LogP contribution in [0.15, 0.2) is 35.2 Å². The molecule has 14 heavy (non-hydrogen) atoms. The SMILES string of the molecule is NC(=O)C[C@@H](N)CSc1ccccc1. The molecule has 1 aromatic rings. The van der Waals surface area contributed by atoms with E-state index in [1.54, 1.807) is 11.8 Å². The van der Waals surface area contributed by atoms with Gasteiger partial charge in [0.25, 0.3) is 0 Å². The van der Waals surface area contributed by atoms with Gasteiger partial charge in [0.05, 0.1) is 0 Å². The Morgan fingerprint density at radius 2 is 2.00 bits per heavy atom. The van der Waals surface area contributed by atoms with Crippen LogP contribution in [0.1, 0.15) is 6.42 Å². The van der Waals surface area contributed by atoms with Crippen LogP contribution in [0.5, 0.6) is 0 Å². The van der Waals surface area contributed by atoms with E-state index >= 15 is 0 Å². The van der Waals surface area contributed by atoms with Gasteiger partial charge in [0.1, 0.15) is 0 Å². The average molecular weight is 210 g/mol. The van der Waals surface area contributed by atoms with E-state index in [2.05, 4.69) is 0 Å². The van der Waals surface area contributed by atoms with Crippen molar-refractivity contribution in [3.8, 4) is 0 Å². The molecule has 1 atom stereocenters. The molecule has 1 aromatic carbocycles. The largest absolute Gasteiger partial charge is 0.370 e. The highest BCUT2D eigenvalue weighted by Crippen LogP contribution is 2.17. The van der Waals surface area contributed by atoms with Gasteiger partial charge in [-0.15, -0.1) is 11.8 Å². The van der Waals surface area contributed by atoms with Gasteiger partial charge in [0.2, 0.25) is 5.91 Å². The van der Waals surface area contributed by atoms with Crippen molar-refractivity contribution in [2.45, 2.75) is 17.4 Å². The van der Waals surface area contributed by atoms with E-state index < -0.39 is 0 Å². The minimum Gasteiger partial charge on any atom is -0.370 e.